The zero-order valence-electron chi connectivity index (χ0n) is 19.7. The summed E-state index contributed by atoms with van der Waals surface area (Å²) in [4.78, 5) is 17.5. The first-order valence-electron chi connectivity index (χ1n) is 12.1. The predicted octanol–water partition coefficient (Wildman–Crippen LogP) is 2.86. The lowest BCUT2D eigenvalue weighted by Gasteiger charge is -2.42. The zero-order chi connectivity index (χ0) is 23.9. The predicted molar refractivity (Wildman–Crippen MR) is 142 cm³/mol. The second-order valence-corrected chi connectivity index (χ2v) is 10.1. The number of thiophene rings is 1. The molecular formula is C26H32N8S. The summed E-state index contributed by atoms with van der Waals surface area (Å²) in [7, 11) is 0. The Balaban J connectivity index is 1.26. The molecule has 1 aromatic carbocycles. The summed E-state index contributed by atoms with van der Waals surface area (Å²) in [6, 6.07) is 18.7. The Morgan fingerprint density at radius 1 is 1.00 bits per heavy atom. The topological polar surface area (TPSA) is 103 Å². The van der Waals surface area contributed by atoms with E-state index in [0.29, 0.717) is 25.0 Å². The van der Waals surface area contributed by atoms with Gasteiger partial charge in [0.1, 0.15) is 0 Å². The van der Waals surface area contributed by atoms with Gasteiger partial charge in [-0.05, 0) is 54.6 Å². The van der Waals surface area contributed by atoms with Gasteiger partial charge in [-0.1, -0.05) is 42.5 Å². The molecule has 0 spiro atoms. The second kappa shape index (κ2) is 11.0. The Hall–Kier alpha value is -3.27. The summed E-state index contributed by atoms with van der Waals surface area (Å²) in [6.45, 7) is 4.21. The minimum absolute atomic E-state index is 0.193. The number of rotatable bonds is 7. The Morgan fingerprint density at radius 2 is 1.83 bits per heavy atom. The van der Waals surface area contributed by atoms with Gasteiger partial charge in [0.05, 0.1) is 6.54 Å². The van der Waals surface area contributed by atoms with Crippen LogP contribution < -0.4 is 21.7 Å². The Bertz CT molecular complexity index is 1120. The van der Waals surface area contributed by atoms with Gasteiger partial charge in [-0.25, -0.2) is 4.99 Å². The van der Waals surface area contributed by atoms with Crippen LogP contribution in [-0.4, -0.2) is 40.7 Å². The number of nitrogens with zero attached hydrogens (tertiary/aromatic N) is 4. The molecule has 0 bridgehead atoms. The number of pyridine rings is 1. The molecule has 182 valence electrons. The van der Waals surface area contributed by atoms with Crippen LogP contribution in [-0.2, 0) is 19.6 Å². The van der Waals surface area contributed by atoms with E-state index in [0.717, 1.165) is 38.0 Å². The molecule has 1 saturated heterocycles. The molecule has 5 rings (SSSR count). The van der Waals surface area contributed by atoms with Crippen LogP contribution in [0.4, 0.5) is 0 Å². The molecular weight excluding hydrogens is 456 g/mol. The first kappa shape index (κ1) is 23.5. The number of nitrogens with two attached hydrogens (primary N) is 1. The lowest BCUT2D eigenvalue weighted by Crippen LogP contribution is -2.66. The van der Waals surface area contributed by atoms with E-state index in [4.69, 9.17) is 10.7 Å². The second-order valence-electron chi connectivity index (χ2n) is 9.03. The van der Waals surface area contributed by atoms with Crippen LogP contribution in [0.1, 0.15) is 28.8 Å². The number of hydrogen-bond acceptors (Lipinski definition) is 9. The van der Waals surface area contributed by atoms with Crippen molar-refractivity contribution < 1.29 is 0 Å². The lowest BCUT2D eigenvalue weighted by molar-refractivity contribution is 0.118. The maximum absolute atomic E-state index is 6.94. The molecule has 4 heterocycles. The van der Waals surface area contributed by atoms with Crippen LogP contribution in [0.25, 0.3) is 0 Å². The van der Waals surface area contributed by atoms with Crippen LogP contribution >= 0.6 is 11.3 Å². The molecule has 3 aromatic rings. The number of aromatic nitrogens is 1. The fourth-order valence-electron chi connectivity index (χ4n) is 4.55. The SMILES string of the molecule is NC1(C2CCN(Cc3ccccc3)CC2)N=C(NCc2cccnc2)N=C(NCc2cccs2)N1. The number of aliphatic imine (C=N–C) groups is 2. The fraction of sp³-hybridized carbons (Fsp3) is 0.346. The molecule has 0 radical (unpaired) electrons. The number of likely N-dealkylation sites (tertiary alicyclic amines) is 1. The average molecular weight is 489 g/mol. The molecule has 0 amide bonds. The van der Waals surface area contributed by atoms with Gasteiger partial charge in [-0.2, -0.15) is 4.99 Å². The molecule has 1 atom stereocenters. The van der Waals surface area contributed by atoms with Crippen LogP contribution in [0.3, 0.4) is 0 Å². The summed E-state index contributed by atoms with van der Waals surface area (Å²) in [5, 5.41) is 12.3. The Morgan fingerprint density at radius 3 is 2.57 bits per heavy atom. The van der Waals surface area contributed by atoms with Gasteiger partial charge in [0.25, 0.3) is 0 Å². The highest BCUT2D eigenvalue weighted by Crippen LogP contribution is 2.28. The molecule has 5 N–H and O–H groups in total. The Labute approximate surface area is 210 Å². The van der Waals surface area contributed by atoms with Gasteiger partial charge >= 0.3 is 0 Å². The number of piperidine rings is 1. The van der Waals surface area contributed by atoms with Gasteiger partial charge in [-0.3, -0.25) is 15.6 Å². The van der Waals surface area contributed by atoms with Gasteiger partial charge in [-0.15, -0.1) is 11.3 Å². The minimum Gasteiger partial charge on any atom is -0.351 e. The summed E-state index contributed by atoms with van der Waals surface area (Å²) in [5.74, 6) is 0.459. The van der Waals surface area contributed by atoms with Crippen molar-refractivity contribution in [3.05, 3.63) is 88.4 Å². The van der Waals surface area contributed by atoms with E-state index < -0.39 is 5.79 Å². The number of hydrogen-bond donors (Lipinski definition) is 4. The summed E-state index contributed by atoms with van der Waals surface area (Å²) >= 11 is 1.71. The summed E-state index contributed by atoms with van der Waals surface area (Å²) in [6.07, 6.45) is 5.54. The molecule has 35 heavy (non-hydrogen) atoms. The number of guanidine groups is 2. The van der Waals surface area contributed by atoms with Crippen LogP contribution in [0.15, 0.2) is 82.4 Å². The fourth-order valence-corrected chi connectivity index (χ4v) is 5.19. The highest BCUT2D eigenvalue weighted by atomic mass is 32.1. The number of nitrogens with one attached hydrogen (secondary N) is 3. The van der Waals surface area contributed by atoms with Gasteiger partial charge in [0, 0.05) is 36.3 Å². The molecule has 2 aliphatic heterocycles. The largest absolute Gasteiger partial charge is 0.351 e. The minimum atomic E-state index is -0.921. The van der Waals surface area contributed by atoms with Gasteiger partial charge < -0.3 is 16.0 Å². The summed E-state index contributed by atoms with van der Waals surface area (Å²) in [5.41, 5.74) is 9.35. The van der Waals surface area contributed by atoms with E-state index in [9.17, 15) is 0 Å². The van der Waals surface area contributed by atoms with Crippen LogP contribution in [0.2, 0.25) is 0 Å². The van der Waals surface area contributed by atoms with Crippen molar-refractivity contribution in [1.82, 2.24) is 25.8 Å². The first-order chi connectivity index (χ1) is 17.2. The molecule has 2 aliphatic rings. The average Bonchev–Trinajstić information content (AvgIpc) is 3.42. The third kappa shape index (κ3) is 6.25. The van der Waals surface area contributed by atoms with E-state index in [1.54, 1.807) is 17.5 Å². The number of benzene rings is 1. The highest BCUT2D eigenvalue weighted by molar-refractivity contribution is 7.09. The van der Waals surface area contributed by atoms with Crippen molar-refractivity contribution in [1.29, 1.82) is 0 Å². The van der Waals surface area contributed by atoms with Crippen molar-refractivity contribution in [3.63, 3.8) is 0 Å². The van der Waals surface area contributed by atoms with Crippen LogP contribution in [0.5, 0.6) is 0 Å². The molecule has 1 unspecified atom stereocenters. The normalized spacial score (nSPS) is 21.1. The van der Waals surface area contributed by atoms with Crippen molar-refractivity contribution in [3.8, 4) is 0 Å². The van der Waals surface area contributed by atoms with Gasteiger partial charge in [0.2, 0.25) is 11.9 Å². The van der Waals surface area contributed by atoms with Crippen molar-refractivity contribution >= 4 is 23.3 Å². The van der Waals surface area contributed by atoms with Gasteiger partial charge in [0.15, 0.2) is 5.79 Å². The molecule has 2 aromatic heterocycles. The maximum Gasteiger partial charge on any atom is 0.225 e. The first-order valence-corrected chi connectivity index (χ1v) is 13.0. The van der Waals surface area contributed by atoms with Crippen molar-refractivity contribution in [2.75, 3.05) is 13.1 Å². The Kier molecular flexibility index (Phi) is 7.37. The lowest BCUT2D eigenvalue weighted by atomic mass is 9.89. The van der Waals surface area contributed by atoms with E-state index in [1.165, 1.54) is 10.4 Å². The molecule has 1 fully saturated rings. The molecule has 0 saturated carbocycles. The standard InChI is InChI=1S/C26H32N8S/c27-26(22-10-13-34(14-11-22)19-20-6-2-1-3-7-20)32-24(29-17-21-8-4-12-28-16-21)31-25(33-26)30-18-23-9-5-15-35-23/h1-9,12,15-16,22H,10-11,13-14,17-19,27H2,(H3,29,30,31,32,33). The van der Waals surface area contributed by atoms with Crippen molar-refractivity contribution in [2.45, 2.75) is 38.3 Å². The van der Waals surface area contributed by atoms with E-state index >= 15 is 0 Å². The summed E-state index contributed by atoms with van der Waals surface area (Å²) < 4.78 is 0. The van der Waals surface area contributed by atoms with E-state index in [2.05, 4.69) is 78.7 Å². The molecule has 8 nitrogen and oxygen atoms in total. The third-order valence-corrected chi connectivity index (χ3v) is 7.35. The third-order valence-electron chi connectivity index (χ3n) is 6.47. The smallest absolute Gasteiger partial charge is 0.225 e. The molecule has 0 aliphatic carbocycles. The van der Waals surface area contributed by atoms with Crippen LogP contribution in [0, 0.1) is 5.92 Å². The highest BCUT2D eigenvalue weighted by Gasteiger charge is 2.40. The van der Waals surface area contributed by atoms with E-state index in [-0.39, 0.29) is 5.92 Å². The maximum atomic E-state index is 6.94. The van der Waals surface area contributed by atoms with Crippen molar-refractivity contribution in [2.24, 2.45) is 21.6 Å². The zero-order valence-corrected chi connectivity index (χ0v) is 20.5. The monoisotopic (exact) mass is 488 g/mol. The molecule has 9 heteroatoms. The van der Waals surface area contributed by atoms with E-state index in [1.807, 2.05) is 18.3 Å². The quantitative estimate of drug-likeness (QED) is 0.408.